The summed E-state index contributed by atoms with van der Waals surface area (Å²) >= 11 is 0. The maximum absolute atomic E-state index is 11.5. The summed E-state index contributed by atoms with van der Waals surface area (Å²) in [5.74, 6) is -0.963. The first-order chi connectivity index (χ1) is 11.1. The molecule has 0 bridgehead atoms. The van der Waals surface area contributed by atoms with Crippen molar-refractivity contribution in [2.75, 3.05) is 13.2 Å². The number of carbonyl (C=O) groups is 1. The zero-order valence-corrected chi connectivity index (χ0v) is 13.3. The van der Waals surface area contributed by atoms with Gasteiger partial charge in [-0.1, -0.05) is 18.2 Å². The molecule has 122 valence electrons. The van der Waals surface area contributed by atoms with Crippen molar-refractivity contribution in [2.45, 2.75) is 26.1 Å². The molecular formula is C17H20N2O4. The standard InChI is InChI=1S/C17H20N2O4/c1-11-15(17(20)21)16(19(2)18-11)13-5-3-4-12(8-13)9-23-14-6-7-22-10-14/h3-5,8,14H,6-7,9-10H2,1-2H3,(H,20,21). The van der Waals surface area contributed by atoms with Gasteiger partial charge >= 0.3 is 5.97 Å². The van der Waals surface area contributed by atoms with Gasteiger partial charge in [0.1, 0.15) is 5.56 Å². The summed E-state index contributed by atoms with van der Waals surface area (Å²) in [6, 6.07) is 7.74. The Kier molecular flexibility index (Phi) is 4.45. The van der Waals surface area contributed by atoms with Gasteiger partial charge in [0, 0.05) is 19.2 Å². The Morgan fingerprint density at radius 2 is 2.35 bits per heavy atom. The van der Waals surface area contributed by atoms with Gasteiger partial charge in [0.15, 0.2) is 0 Å². The van der Waals surface area contributed by atoms with E-state index in [1.54, 1.807) is 18.7 Å². The Bertz CT molecular complexity index is 717. The molecule has 0 amide bonds. The number of ether oxygens (including phenoxy) is 2. The molecule has 6 heteroatoms. The molecule has 1 saturated heterocycles. The summed E-state index contributed by atoms with van der Waals surface area (Å²) in [6.07, 6.45) is 1.07. The summed E-state index contributed by atoms with van der Waals surface area (Å²) < 4.78 is 12.7. The van der Waals surface area contributed by atoms with Gasteiger partial charge < -0.3 is 14.6 Å². The van der Waals surface area contributed by atoms with Crippen molar-refractivity contribution in [3.63, 3.8) is 0 Å². The second-order valence-electron chi connectivity index (χ2n) is 5.73. The SMILES string of the molecule is Cc1nn(C)c(-c2cccc(COC3CCOC3)c2)c1C(=O)O. The predicted octanol–water partition coefficient (Wildman–Crippen LogP) is 2.40. The summed E-state index contributed by atoms with van der Waals surface area (Å²) in [6.45, 7) is 3.59. The normalized spacial score (nSPS) is 17.6. The monoisotopic (exact) mass is 316 g/mol. The van der Waals surface area contributed by atoms with E-state index in [1.807, 2.05) is 24.3 Å². The molecule has 2 heterocycles. The van der Waals surface area contributed by atoms with Crippen molar-refractivity contribution in [1.82, 2.24) is 9.78 Å². The van der Waals surface area contributed by atoms with E-state index in [1.165, 1.54) is 0 Å². The Morgan fingerprint density at radius 3 is 3.04 bits per heavy atom. The lowest BCUT2D eigenvalue weighted by atomic mass is 10.0. The topological polar surface area (TPSA) is 73.6 Å². The van der Waals surface area contributed by atoms with Crippen LogP contribution >= 0.6 is 0 Å². The highest BCUT2D eigenvalue weighted by Gasteiger charge is 2.21. The van der Waals surface area contributed by atoms with Gasteiger partial charge in [0.05, 0.1) is 30.7 Å². The van der Waals surface area contributed by atoms with Crippen LogP contribution in [0.2, 0.25) is 0 Å². The van der Waals surface area contributed by atoms with E-state index in [2.05, 4.69) is 5.10 Å². The van der Waals surface area contributed by atoms with Gasteiger partial charge in [0.25, 0.3) is 0 Å². The molecule has 3 rings (SSSR count). The van der Waals surface area contributed by atoms with Crippen LogP contribution in [-0.4, -0.2) is 40.2 Å². The molecule has 1 N–H and O–H groups in total. The molecule has 1 aliphatic heterocycles. The Hall–Kier alpha value is -2.18. The minimum atomic E-state index is -0.963. The second kappa shape index (κ2) is 6.52. The molecule has 0 saturated carbocycles. The zero-order valence-electron chi connectivity index (χ0n) is 13.3. The van der Waals surface area contributed by atoms with E-state index in [9.17, 15) is 9.90 Å². The number of rotatable bonds is 5. The number of aromatic carboxylic acids is 1. The van der Waals surface area contributed by atoms with Crippen molar-refractivity contribution in [1.29, 1.82) is 0 Å². The molecule has 0 aliphatic carbocycles. The fourth-order valence-electron chi connectivity index (χ4n) is 2.91. The van der Waals surface area contributed by atoms with Gasteiger partial charge in [0.2, 0.25) is 0 Å². The molecule has 1 unspecified atom stereocenters. The average molecular weight is 316 g/mol. The Labute approximate surface area is 134 Å². The number of nitrogens with zero attached hydrogens (tertiary/aromatic N) is 2. The molecule has 1 aromatic heterocycles. The zero-order chi connectivity index (χ0) is 16.4. The average Bonchev–Trinajstić information content (AvgIpc) is 3.12. The fraction of sp³-hybridized carbons (Fsp3) is 0.412. The fourth-order valence-corrected chi connectivity index (χ4v) is 2.91. The van der Waals surface area contributed by atoms with Crippen LogP contribution in [0.25, 0.3) is 11.3 Å². The number of benzene rings is 1. The van der Waals surface area contributed by atoms with Gasteiger partial charge in [-0.3, -0.25) is 4.68 Å². The van der Waals surface area contributed by atoms with E-state index in [0.29, 0.717) is 24.6 Å². The molecule has 6 nitrogen and oxygen atoms in total. The van der Waals surface area contributed by atoms with Crippen molar-refractivity contribution >= 4 is 5.97 Å². The van der Waals surface area contributed by atoms with Gasteiger partial charge in [-0.2, -0.15) is 5.10 Å². The van der Waals surface area contributed by atoms with Crippen molar-refractivity contribution in [3.8, 4) is 11.3 Å². The molecule has 0 spiro atoms. The molecule has 1 aliphatic rings. The third kappa shape index (κ3) is 3.28. The van der Waals surface area contributed by atoms with E-state index in [4.69, 9.17) is 9.47 Å². The first kappa shape index (κ1) is 15.7. The lowest BCUT2D eigenvalue weighted by Gasteiger charge is -2.11. The maximum atomic E-state index is 11.5. The van der Waals surface area contributed by atoms with Gasteiger partial charge in [-0.05, 0) is 25.0 Å². The largest absolute Gasteiger partial charge is 0.478 e. The minimum absolute atomic E-state index is 0.146. The Morgan fingerprint density at radius 1 is 1.52 bits per heavy atom. The molecule has 1 atom stereocenters. The molecule has 0 radical (unpaired) electrons. The first-order valence-corrected chi connectivity index (χ1v) is 7.62. The van der Waals surface area contributed by atoms with Crippen molar-refractivity contribution in [2.24, 2.45) is 7.05 Å². The number of aryl methyl sites for hydroxylation is 2. The minimum Gasteiger partial charge on any atom is -0.478 e. The van der Waals surface area contributed by atoms with Crippen LogP contribution in [-0.2, 0) is 23.1 Å². The smallest absolute Gasteiger partial charge is 0.339 e. The summed E-state index contributed by atoms with van der Waals surface area (Å²) in [5.41, 5.74) is 3.20. The second-order valence-corrected chi connectivity index (χ2v) is 5.73. The molecule has 2 aromatic rings. The number of carboxylic acid groups (broad SMARTS) is 1. The Balaban J connectivity index is 1.86. The highest BCUT2D eigenvalue weighted by molar-refractivity contribution is 5.96. The number of hydrogen-bond acceptors (Lipinski definition) is 4. The summed E-state index contributed by atoms with van der Waals surface area (Å²) in [4.78, 5) is 11.5. The highest BCUT2D eigenvalue weighted by atomic mass is 16.5. The number of carboxylic acids is 1. The van der Waals surface area contributed by atoms with Crippen LogP contribution in [0, 0.1) is 6.92 Å². The van der Waals surface area contributed by atoms with Crippen LogP contribution in [0.5, 0.6) is 0 Å². The van der Waals surface area contributed by atoms with Gasteiger partial charge in [-0.15, -0.1) is 0 Å². The third-order valence-electron chi connectivity index (χ3n) is 4.01. The van der Waals surface area contributed by atoms with Crippen molar-refractivity contribution in [3.05, 3.63) is 41.1 Å². The van der Waals surface area contributed by atoms with Crippen LogP contribution in [0.4, 0.5) is 0 Å². The molecule has 1 fully saturated rings. The predicted molar refractivity (Wildman–Crippen MR) is 84.4 cm³/mol. The van der Waals surface area contributed by atoms with E-state index >= 15 is 0 Å². The van der Waals surface area contributed by atoms with E-state index < -0.39 is 5.97 Å². The summed E-state index contributed by atoms with van der Waals surface area (Å²) in [5, 5.41) is 13.7. The third-order valence-corrected chi connectivity index (χ3v) is 4.01. The van der Waals surface area contributed by atoms with E-state index in [-0.39, 0.29) is 11.7 Å². The van der Waals surface area contributed by atoms with Crippen LogP contribution in [0.3, 0.4) is 0 Å². The van der Waals surface area contributed by atoms with Gasteiger partial charge in [-0.25, -0.2) is 4.79 Å². The highest BCUT2D eigenvalue weighted by Crippen LogP contribution is 2.27. The molecule has 23 heavy (non-hydrogen) atoms. The number of aromatic nitrogens is 2. The van der Waals surface area contributed by atoms with Crippen LogP contribution < -0.4 is 0 Å². The quantitative estimate of drug-likeness (QED) is 0.917. The summed E-state index contributed by atoms with van der Waals surface area (Å²) in [7, 11) is 1.76. The van der Waals surface area contributed by atoms with Crippen LogP contribution in [0.15, 0.2) is 24.3 Å². The molecule has 1 aromatic carbocycles. The van der Waals surface area contributed by atoms with Crippen molar-refractivity contribution < 1.29 is 19.4 Å². The van der Waals surface area contributed by atoms with E-state index in [0.717, 1.165) is 24.2 Å². The number of hydrogen-bond donors (Lipinski definition) is 1. The lowest BCUT2D eigenvalue weighted by Crippen LogP contribution is -2.11. The van der Waals surface area contributed by atoms with Crippen LogP contribution in [0.1, 0.15) is 28.0 Å². The first-order valence-electron chi connectivity index (χ1n) is 7.62. The maximum Gasteiger partial charge on any atom is 0.339 e. The lowest BCUT2D eigenvalue weighted by molar-refractivity contribution is 0.0318. The molecular weight excluding hydrogens is 296 g/mol.